The Bertz CT molecular complexity index is 518. The molecule has 1 unspecified atom stereocenters. The van der Waals surface area contributed by atoms with Crippen LogP contribution in [0.3, 0.4) is 0 Å². The Kier molecular flexibility index (Phi) is 4.30. The van der Waals surface area contributed by atoms with Gasteiger partial charge in [-0.3, -0.25) is 0 Å². The van der Waals surface area contributed by atoms with E-state index in [1.54, 1.807) is 13.3 Å². The first-order valence-corrected chi connectivity index (χ1v) is 6.09. The van der Waals surface area contributed by atoms with E-state index >= 15 is 0 Å². The van der Waals surface area contributed by atoms with E-state index in [1.807, 2.05) is 37.4 Å². The van der Waals surface area contributed by atoms with Crippen molar-refractivity contribution in [2.45, 2.75) is 6.04 Å². The van der Waals surface area contributed by atoms with Gasteiger partial charge in [-0.1, -0.05) is 6.07 Å². The second-order valence-corrected chi connectivity index (χ2v) is 4.20. The second kappa shape index (κ2) is 6.15. The molecule has 0 amide bonds. The minimum Gasteiger partial charge on any atom is -0.497 e. The molecule has 0 fully saturated rings. The van der Waals surface area contributed by atoms with E-state index in [4.69, 9.17) is 10.5 Å². The van der Waals surface area contributed by atoms with Crippen molar-refractivity contribution < 1.29 is 4.74 Å². The highest BCUT2D eigenvalue weighted by atomic mass is 16.5. The SMILES string of the molecule is COc1cccc(N(C)C(CN)c2ccncn2)c1. The molecule has 0 aliphatic heterocycles. The topological polar surface area (TPSA) is 64.3 Å². The van der Waals surface area contributed by atoms with Crippen molar-refractivity contribution in [3.63, 3.8) is 0 Å². The van der Waals surface area contributed by atoms with Crippen LogP contribution in [0.25, 0.3) is 0 Å². The van der Waals surface area contributed by atoms with Gasteiger partial charge < -0.3 is 15.4 Å². The summed E-state index contributed by atoms with van der Waals surface area (Å²) in [6, 6.07) is 9.76. The number of hydrogen-bond acceptors (Lipinski definition) is 5. The third-order valence-electron chi connectivity index (χ3n) is 3.10. The maximum atomic E-state index is 5.88. The highest BCUT2D eigenvalue weighted by molar-refractivity contribution is 5.51. The highest BCUT2D eigenvalue weighted by Crippen LogP contribution is 2.26. The van der Waals surface area contributed by atoms with Gasteiger partial charge in [0.2, 0.25) is 0 Å². The monoisotopic (exact) mass is 258 g/mol. The van der Waals surface area contributed by atoms with Crippen LogP contribution in [0.2, 0.25) is 0 Å². The standard InChI is InChI=1S/C14H18N4O/c1-18(11-4-3-5-12(8-11)19-2)14(9-15)13-6-7-16-10-17-13/h3-8,10,14H,9,15H2,1-2H3. The van der Waals surface area contributed by atoms with Crippen molar-refractivity contribution in [2.24, 2.45) is 5.73 Å². The van der Waals surface area contributed by atoms with E-state index in [0.717, 1.165) is 17.1 Å². The van der Waals surface area contributed by atoms with Gasteiger partial charge in [-0.05, 0) is 18.2 Å². The minimum absolute atomic E-state index is 0.00936. The van der Waals surface area contributed by atoms with Crippen LogP contribution in [-0.2, 0) is 0 Å². The predicted molar refractivity (Wildman–Crippen MR) is 75.2 cm³/mol. The second-order valence-electron chi connectivity index (χ2n) is 4.20. The molecule has 2 N–H and O–H groups in total. The molecule has 0 saturated heterocycles. The first-order valence-electron chi connectivity index (χ1n) is 6.09. The lowest BCUT2D eigenvalue weighted by Gasteiger charge is -2.28. The number of rotatable bonds is 5. The Morgan fingerprint density at radius 3 is 2.84 bits per heavy atom. The number of methoxy groups -OCH3 is 1. The number of ether oxygens (including phenoxy) is 1. The number of benzene rings is 1. The molecular formula is C14H18N4O. The Hall–Kier alpha value is -2.14. The molecule has 1 aromatic carbocycles. The van der Waals surface area contributed by atoms with Crippen molar-refractivity contribution in [3.8, 4) is 5.75 Å². The molecule has 2 aromatic rings. The maximum Gasteiger partial charge on any atom is 0.120 e. The molecule has 0 radical (unpaired) electrons. The van der Waals surface area contributed by atoms with E-state index in [-0.39, 0.29) is 6.04 Å². The summed E-state index contributed by atoms with van der Waals surface area (Å²) in [5, 5.41) is 0. The fourth-order valence-corrected chi connectivity index (χ4v) is 1.99. The molecule has 5 nitrogen and oxygen atoms in total. The van der Waals surface area contributed by atoms with Gasteiger partial charge >= 0.3 is 0 Å². The zero-order chi connectivity index (χ0) is 13.7. The van der Waals surface area contributed by atoms with Crippen LogP contribution in [0.1, 0.15) is 11.7 Å². The molecule has 0 spiro atoms. The van der Waals surface area contributed by atoms with Crippen molar-refractivity contribution in [3.05, 3.63) is 48.5 Å². The Morgan fingerprint density at radius 1 is 1.37 bits per heavy atom. The number of nitrogens with two attached hydrogens (primary N) is 1. The molecule has 0 aliphatic carbocycles. The predicted octanol–water partition coefficient (Wildman–Crippen LogP) is 1.62. The Balaban J connectivity index is 2.27. The van der Waals surface area contributed by atoms with Gasteiger partial charge in [0, 0.05) is 31.5 Å². The number of nitrogens with zero attached hydrogens (tertiary/aromatic N) is 3. The molecule has 0 saturated carbocycles. The van der Waals surface area contributed by atoms with Crippen molar-refractivity contribution in [1.29, 1.82) is 0 Å². The fraction of sp³-hybridized carbons (Fsp3) is 0.286. The maximum absolute atomic E-state index is 5.88. The third-order valence-corrected chi connectivity index (χ3v) is 3.10. The van der Waals surface area contributed by atoms with Crippen LogP contribution in [0.15, 0.2) is 42.9 Å². The number of hydrogen-bond donors (Lipinski definition) is 1. The molecule has 100 valence electrons. The molecular weight excluding hydrogens is 240 g/mol. The van der Waals surface area contributed by atoms with E-state index < -0.39 is 0 Å². The van der Waals surface area contributed by atoms with Crippen LogP contribution in [0, 0.1) is 0 Å². The number of anilines is 1. The van der Waals surface area contributed by atoms with Gasteiger partial charge in [0.15, 0.2) is 0 Å². The molecule has 2 rings (SSSR count). The normalized spacial score (nSPS) is 11.9. The van der Waals surface area contributed by atoms with Crippen LogP contribution >= 0.6 is 0 Å². The van der Waals surface area contributed by atoms with Gasteiger partial charge in [-0.15, -0.1) is 0 Å². The molecule has 5 heteroatoms. The van der Waals surface area contributed by atoms with Gasteiger partial charge in [0.05, 0.1) is 18.8 Å². The third kappa shape index (κ3) is 3.00. The minimum atomic E-state index is 0.00936. The van der Waals surface area contributed by atoms with E-state index in [0.29, 0.717) is 6.54 Å². The van der Waals surface area contributed by atoms with E-state index in [2.05, 4.69) is 14.9 Å². The lowest BCUT2D eigenvalue weighted by atomic mass is 10.1. The first kappa shape index (κ1) is 13.3. The first-order chi connectivity index (χ1) is 9.26. The summed E-state index contributed by atoms with van der Waals surface area (Å²) in [5.41, 5.74) is 7.82. The van der Waals surface area contributed by atoms with Crippen LogP contribution in [-0.4, -0.2) is 30.7 Å². The Morgan fingerprint density at radius 2 is 2.21 bits per heavy atom. The van der Waals surface area contributed by atoms with Crippen molar-refractivity contribution in [1.82, 2.24) is 9.97 Å². The van der Waals surface area contributed by atoms with Crippen LogP contribution < -0.4 is 15.4 Å². The molecule has 1 atom stereocenters. The van der Waals surface area contributed by atoms with Gasteiger partial charge in [0.1, 0.15) is 12.1 Å². The summed E-state index contributed by atoms with van der Waals surface area (Å²) in [6.45, 7) is 0.477. The van der Waals surface area contributed by atoms with Crippen molar-refractivity contribution >= 4 is 5.69 Å². The molecule has 0 bridgehead atoms. The van der Waals surface area contributed by atoms with Gasteiger partial charge in [-0.25, -0.2) is 9.97 Å². The lowest BCUT2D eigenvalue weighted by Crippen LogP contribution is -2.31. The van der Waals surface area contributed by atoms with Gasteiger partial charge in [0.25, 0.3) is 0 Å². The average Bonchev–Trinajstić information content (AvgIpc) is 2.49. The molecule has 1 heterocycles. The summed E-state index contributed by atoms with van der Waals surface area (Å²) in [7, 11) is 3.65. The fourth-order valence-electron chi connectivity index (χ4n) is 1.99. The number of likely N-dealkylation sites (N-methyl/N-ethyl adjacent to an activating group) is 1. The Labute approximate surface area is 113 Å². The highest BCUT2D eigenvalue weighted by Gasteiger charge is 2.17. The summed E-state index contributed by atoms with van der Waals surface area (Å²) >= 11 is 0. The van der Waals surface area contributed by atoms with E-state index in [9.17, 15) is 0 Å². The molecule has 19 heavy (non-hydrogen) atoms. The van der Waals surface area contributed by atoms with Crippen molar-refractivity contribution in [2.75, 3.05) is 25.6 Å². The zero-order valence-electron chi connectivity index (χ0n) is 11.2. The average molecular weight is 258 g/mol. The zero-order valence-corrected chi connectivity index (χ0v) is 11.2. The van der Waals surface area contributed by atoms with E-state index in [1.165, 1.54) is 6.33 Å². The number of aromatic nitrogens is 2. The van der Waals surface area contributed by atoms with Crippen LogP contribution in [0.4, 0.5) is 5.69 Å². The summed E-state index contributed by atoms with van der Waals surface area (Å²) in [6.07, 6.45) is 3.27. The largest absolute Gasteiger partial charge is 0.497 e. The summed E-state index contributed by atoms with van der Waals surface area (Å²) in [5.74, 6) is 0.822. The molecule has 1 aromatic heterocycles. The molecule has 0 aliphatic rings. The summed E-state index contributed by atoms with van der Waals surface area (Å²) in [4.78, 5) is 10.3. The smallest absolute Gasteiger partial charge is 0.120 e. The van der Waals surface area contributed by atoms with Crippen LogP contribution in [0.5, 0.6) is 5.75 Å². The lowest BCUT2D eigenvalue weighted by molar-refractivity contribution is 0.414. The quantitative estimate of drug-likeness (QED) is 0.883. The van der Waals surface area contributed by atoms with Gasteiger partial charge in [-0.2, -0.15) is 0 Å². The summed E-state index contributed by atoms with van der Waals surface area (Å²) < 4.78 is 5.24.